The number of aromatic nitrogens is 1. The van der Waals surface area contributed by atoms with Gasteiger partial charge in [-0.3, -0.25) is 4.79 Å². The fourth-order valence-electron chi connectivity index (χ4n) is 4.33. The van der Waals surface area contributed by atoms with Crippen molar-refractivity contribution in [2.75, 3.05) is 0 Å². The van der Waals surface area contributed by atoms with E-state index in [0.29, 0.717) is 52.8 Å². The number of ether oxygens (including phenoxy) is 1. The second-order valence-corrected chi connectivity index (χ2v) is 9.88. The number of rotatable bonds is 13. The standard InChI is InChI=1S/C33H30F4N2O5/c1-3-25(18-29(40)21-7-11-23(12-8-21)33(35,36)37)38-27(32(41)42)17-20-5-15-26(16-6-20)43-19-28-30(4-2)44-31(39-28)22-9-13-24(34)14-10-22/h5-16,18,27,38H,3-4,17,19H2,1-2H3,(H,41,42)/b25-18-/t27-/m0/s1. The SMILES string of the molecule is CC/C(=C/C(=O)c1ccc(C(F)(F)F)cc1)N[C@@H](Cc1ccc(OCc2nc(-c3ccc(F)cc3)oc2CC)cc1)C(=O)O. The van der Waals surface area contributed by atoms with Gasteiger partial charge < -0.3 is 19.6 Å². The molecule has 0 spiro atoms. The Morgan fingerprint density at radius 3 is 2.23 bits per heavy atom. The predicted molar refractivity (Wildman–Crippen MR) is 154 cm³/mol. The molecule has 1 aromatic heterocycles. The van der Waals surface area contributed by atoms with E-state index in [4.69, 9.17) is 9.15 Å². The number of nitrogens with zero attached hydrogens (tertiary/aromatic N) is 1. The van der Waals surface area contributed by atoms with Crippen LogP contribution in [0, 0.1) is 5.82 Å². The van der Waals surface area contributed by atoms with Gasteiger partial charge in [0.15, 0.2) is 5.78 Å². The van der Waals surface area contributed by atoms with E-state index in [1.165, 1.54) is 18.2 Å². The zero-order valence-corrected chi connectivity index (χ0v) is 24.0. The maximum Gasteiger partial charge on any atom is 0.416 e. The molecule has 0 aliphatic heterocycles. The summed E-state index contributed by atoms with van der Waals surface area (Å²) in [6, 6.07) is 15.4. The normalized spacial score (nSPS) is 12.5. The van der Waals surface area contributed by atoms with Crippen LogP contribution < -0.4 is 10.1 Å². The molecule has 230 valence electrons. The lowest BCUT2D eigenvalue weighted by Crippen LogP contribution is -2.38. The molecule has 0 fully saturated rings. The number of carbonyl (C=O) groups excluding carboxylic acids is 1. The van der Waals surface area contributed by atoms with Crippen molar-refractivity contribution in [2.24, 2.45) is 0 Å². The van der Waals surface area contributed by atoms with Crippen LogP contribution in [0.3, 0.4) is 0 Å². The number of carbonyl (C=O) groups is 2. The highest BCUT2D eigenvalue weighted by Gasteiger charge is 2.30. The lowest BCUT2D eigenvalue weighted by Gasteiger charge is -2.18. The number of benzene rings is 3. The smallest absolute Gasteiger partial charge is 0.416 e. The molecule has 2 N–H and O–H groups in total. The van der Waals surface area contributed by atoms with Crippen LogP contribution in [0.1, 0.15) is 53.2 Å². The van der Waals surface area contributed by atoms with E-state index >= 15 is 0 Å². The van der Waals surface area contributed by atoms with E-state index in [9.17, 15) is 32.3 Å². The maximum atomic E-state index is 13.3. The Morgan fingerprint density at radius 1 is 1.00 bits per heavy atom. The Kier molecular flexibility index (Phi) is 10.2. The first-order valence-electron chi connectivity index (χ1n) is 13.8. The van der Waals surface area contributed by atoms with Crippen molar-refractivity contribution in [3.63, 3.8) is 0 Å². The molecule has 4 aromatic rings. The van der Waals surface area contributed by atoms with E-state index in [1.54, 1.807) is 43.3 Å². The van der Waals surface area contributed by atoms with Gasteiger partial charge in [-0.1, -0.05) is 38.1 Å². The van der Waals surface area contributed by atoms with Gasteiger partial charge in [-0.2, -0.15) is 13.2 Å². The summed E-state index contributed by atoms with van der Waals surface area (Å²) >= 11 is 0. The van der Waals surface area contributed by atoms with Crippen molar-refractivity contribution in [1.29, 1.82) is 0 Å². The number of ketones is 1. The molecule has 1 atom stereocenters. The second kappa shape index (κ2) is 14.0. The van der Waals surface area contributed by atoms with Gasteiger partial charge in [-0.15, -0.1) is 0 Å². The molecule has 0 radical (unpaired) electrons. The fraction of sp³-hybridized carbons (Fsp3) is 0.242. The molecule has 4 rings (SSSR count). The number of alkyl halides is 3. The zero-order chi connectivity index (χ0) is 31.9. The van der Waals surface area contributed by atoms with Crippen LogP contribution in [0.25, 0.3) is 11.5 Å². The number of aliphatic carboxylic acids is 1. The van der Waals surface area contributed by atoms with E-state index in [2.05, 4.69) is 10.3 Å². The Bertz CT molecular complexity index is 1610. The first-order chi connectivity index (χ1) is 21.0. The lowest BCUT2D eigenvalue weighted by molar-refractivity contribution is -0.139. The largest absolute Gasteiger partial charge is 0.487 e. The molecule has 11 heteroatoms. The van der Waals surface area contributed by atoms with Crippen LogP contribution in [0.5, 0.6) is 5.75 Å². The van der Waals surface area contributed by atoms with Crippen molar-refractivity contribution in [3.05, 3.63) is 119 Å². The van der Waals surface area contributed by atoms with Gasteiger partial charge in [0.2, 0.25) is 5.89 Å². The van der Waals surface area contributed by atoms with Crippen molar-refractivity contribution in [2.45, 2.75) is 51.9 Å². The summed E-state index contributed by atoms with van der Waals surface area (Å²) in [5.41, 5.74) is 1.46. The molecular formula is C33H30F4N2O5. The van der Waals surface area contributed by atoms with Crippen LogP contribution in [0.2, 0.25) is 0 Å². The quantitative estimate of drug-likeness (QED) is 0.0924. The number of nitrogens with one attached hydrogen (secondary N) is 1. The average molecular weight is 611 g/mol. The Balaban J connectivity index is 1.38. The number of hydrogen-bond acceptors (Lipinski definition) is 6. The van der Waals surface area contributed by atoms with Crippen molar-refractivity contribution in [1.82, 2.24) is 10.3 Å². The van der Waals surface area contributed by atoms with Crippen LogP contribution in [0.15, 0.2) is 89.0 Å². The molecule has 3 aromatic carbocycles. The first-order valence-corrected chi connectivity index (χ1v) is 13.8. The summed E-state index contributed by atoms with van der Waals surface area (Å²) in [6.45, 7) is 3.78. The molecule has 0 unspecified atom stereocenters. The van der Waals surface area contributed by atoms with Crippen LogP contribution in [0.4, 0.5) is 17.6 Å². The fourth-order valence-corrected chi connectivity index (χ4v) is 4.33. The highest BCUT2D eigenvalue weighted by atomic mass is 19.4. The number of oxazole rings is 1. The van der Waals surface area contributed by atoms with Gasteiger partial charge in [-0.25, -0.2) is 14.2 Å². The molecule has 7 nitrogen and oxygen atoms in total. The van der Waals surface area contributed by atoms with Crippen LogP contribution >= 0.6 is 0 Å². The van der Waals surface area contributed by atoms with E-state index < -0.39 is 29.5 Å². The number of halogens is 4. The Hall–Kier alpha value is -4.93. The van der Waals surface area contributed by atoms with Crippen molar-refractivity contribution < 1.29 is 41.4 Å². The minimum atomic E-state index is -4.52. The number of carboxylic acid groups (broad SMARTS) is 1. The highest BCUT2D eigenvalue weighted by molar-refractivity contribution is 6.04. The van der Waals surface area contributed by atoms with E-state index in [-0.39, 0.29) is 24.4 Å². The Morgan fingerprint density at radius 2 is 1.66 bits per heavy atom. The zero-order valence-electron chi connectivity index (χ0n) is 24.0. The molecule has 0 bridgehead atoms. The molecule has 0 amide bonds. The van der Waals surface area contributed by atoms with Crippen molar-refractivity contribution >= 4 is 11.8 Å². The van der Waals surface area contributed by atoms with Gasteiger partial charge in [0.1, 0.15) is 35.7 Å². The third-order valence-corrected chi connectivity index (χ3v) is 6.77. The number of carboxylic acids is 1. The van der Waals surface area contributed by atoms with Gasteiger partial charge in [0.05, 0.1) is 5.56 Å². The topological polar surface area (TPSA) is 102 Å². The molecule has 0 saturated heterocycles. The highest BCUT2D eigenvalue weighted by Crippen LogP contribution is 2.29. The summed E-state index contributed by atoms with van der Waals surface area (Å²) in [5.74, 6) is -0.503. The van der Waals surface area contributed by atoms with Crippen LogP contribution in [-0.2, 0) is 30.4 Å². The summed E-state index contributed by atoms with van der Waals surface area (Å²) in [5, 5.41) is 12.7. The lowest BCUT2D eigenvalue weighted by atomic mass is 10.0. The molecule has 44 heavy (non-hydrogen) atoms. The van der Waals surface area contributed by atoms with Crippen molar-refractivity contribution in [3.8, 4) is 17.2 Å². The number of hydrogen-bond donors (Lipinski definition) is 2. The minimum absolute atomic E-state index is 0.0524. The molecule has 0 aliphatic rings. The van der Waals surface area contributed by atoms with E-state index in [0.717, 1.165) is 24.3 Å². The monoisotopic (exact) mass is 610 g/mol. The van der Waals surface area contributed by atoms with Gasteiger partial charge in [0.25, 0.3) is 0 Å². The van der Waals surface area contributed by atoms with Gasteiger partial charge in [0, 0.05) is 35.7 Å². The summed E-state index contributed by atoms with van der Waals surface area (Å²) in [4.78, 5) is 29.1. The number of allylic oxidation sites excluding steroid dienone is 2. The predicted octanol–water partition coefficient (Wildman–Crippen LogP) is 7.40. The van der Waals surface area contributed by atoms with Gasteiger partial charge in [-0.05, 0) is 60.5 Å². The molecule has 0 saturated carbocycles. The molecule has 0 aliphatic carbocycles. The maximum absolute atomic E-state index is 13.3. The molecule has 1 heterocycles. The Labute approximate surface area is 251 Å². The first kappa shape index (κ1) is 32.0. The van der Waals surface area contributed by atoms with Gasteiger partial charge >= 0.3 is 12.1 Å². The average Bonchev–Trinajstić information content (AvgIpc) is 3.43. The second-order valence-electron chi connectivity index (χ2n) is 9.88. The van der Waals surface area contributed by atoms with E-state index in [1.807, 2.05) is 6.92 Å². The summed E-state index contributed by atoms with van der Waals surface area (Å²) in [7, 11) is 0. The third kappa shape index (κ3) is 8.33. The summed E-state index contributed by atoms with van der Waals surface area (Å²) in [6.07, 6.45) is -2.34. The third-order valence-electron chi connectivity index (χ3n) is 6.77. The van der Waals surface area contributed by atoms with Crippen LogP contribution in [-0.4, -0.2) is 27.9 Å². The summed E-state index contributed by atoms with van der Waals surface area (Å²) < 4.78 is 63.4. The number of aryl methyl sites for hydroxylation is 1. The minimum Gasteiger partial charge on any atom is -0.487 e. The molecular weight excluding hydrogens is 580 g/mol.